The first-order valence-corrected chi connectivity index (χ1v) is 9.17. The predicted octanol–water partition coefficient (Wildman–Crippen LogP) is 2.82. The number of hydrogen-bond acceptors (Lipinski definition) is 5. The fourth-order valence-electron chi connectivity index (χ4n) is 3.73. The Morgan fingerprint density at radius 2 is 1.69 bits per heavy atom. The van der Waals surface area contributed by atoms with Crippen LogP contribution in [-0.4, -0.2) is 36.4 Å². The Kier molecular flexibility index (Phi) is 4.64. The lowest BCUT2D eigenvalue weighted by atomic mass is 9.88. The number of carbonyl (C=O) groups is 3. The minimum absolute atomic E-state index is 0.308. The van der Waals surface area contributed by atoms with Gasteiger partial charge in [0, 0.05) is 11.1 Å². The number of nitrogens with zero attached hydrogens (tertiary/aromatic N) is 1. The van der Waals surface area contributed by atoms with Crippen molar-refractivity contribution in [2.24, 2.45) is 0 Å². The first-order valence-electron chi connectivity index (χ1n) is 9.17. The molecule has 0 spiro atoms. The highest BCUT2D eigenvalue weighted by molar-refractivity contribution is 6.12. The second-order valence-corrected chi connectivity index (χ2v) is 7.01. The number of Topliss-reactive ketones (excluding diaryl/α,β-unsaturated/α-hetero) is 1. The molecule has 3 aromatic carbocycles. The highest BCUT2D eigenvalue weighted by atomic mass is 16.5. The Morgan fingerprint density at radius 3 is 2.45 bits per heavy atom. The SMILES string of the molecule is COC(=O)CN1C(=O)C(O)(CC(=O)c2ccc3ccccc3c2)c2ccccc21. The Balaban J connectivity index is 1.68. The molecule has 1 atom stereocenters. The number of benzene rings is 3. The zero-order valence-electron chi connectivity index (χ0n) is 15.8. The molecule has 1 aliphatic rings. The van der Waals surface area contributed by atoms with Gasteiger partial charge in [0.2, 0.25) is 0 Å². The molecule has 0 saturated carbocycles. The van der Waals surface area contributed by atoms with Crippen molar-refractivity contribution in [1.82, 2.24) is 0 Å². The smallest absolute Gasteiger partial charge is 0.325 e. The number of anilines is 1. The zero-order valence-corrected chi connectivity index (χ0v) is 15.8. The maximum atomic E-state index is 13.0. The monoisotopic (exact) mass is 389 g/mol. The van der Waals surface area contributed by atoms with E-state index < -0.39 is 23.9 Å². The van der Waals surface area contributed by atoms with E-state index >= 15 is 0 Å². The normalized spacial score (nSPS) is 18.0. The van der Waals surface area contributed by atoms with E-state index in [-0.39, 0.29) is 12.3 Å². The largest absolute Gasteiger partial charge is 0.468 e. The highest BCUT2D eigenvalue weighted by Gasteiger charge is 2.51. The molecule has 6 nitrogen and oxygen atoms in total. The van der Waals surface area contributed by atoms with Crippen LogP contribution in [-0.2, 0) is 19.9 Å². The van der Waals surface area contributed by atoms with Crippen molar-refractivity contribution in [3.05, 3.63) is 77.9 Å². The fourth-order valence-corrected chi connectivity index (χ4v) is 3.73. The van der Waals surface area contributed by atoms with Crippen LogP contribution in [0.15, 0.2) is 66.7 Å². The van der Waals surface area contributed by atoms with Crippen molar-refractivity contribution >= 4 is 34.1 Å². The summed E-state index contributed by atoms with van der Waals surface area (Å²) >= 11 is 0. The summed E-state index contributed by atoms with van der Waals surface area (Å²) in [6.07, 6.45) is -0.418. The molecular weight excluding hydrogens is 370 g/mol. The van der Waals surface area contributed by atoms with Crippen LogP contribution in [0.25, 0.3) is 10.8 Å². The lowest BCUT2D eigenvalue weighted by Crippen LogP contribution is -2.43. The molecule has 0 bridgehead atoms. The third-order valence-electron chi connectivity index (χ3n) is 5.24. The van der Waals surface area contributed by atoms with E-state index in [9.17, 15) is 19.5 Å². The molecule has 6 heteroatoms. The van der Waals surface area contributed by atoms with Crippen LogP contribution in [0.1, 0.15) is 22.3 Å². The maximum Gasteiger partial charge on any atom is 0.325 e. The van der Waals surface area contributed by atoms with E-state index in [0.29, 0.717) is 16.8 Å². The summed E-state index contributed by atoms with van der Waals surface area (Å²) in [7, 11) is 1.23. The van der Waals surface area contributed by atoms with E-state index in [0.717, 1.165) is 15.7 Å². The average molecular weight is 389 g/mol. The summed E-state index contributed by atoms with van der Waals surface area (Å²) in [5.74, 6) is -1.68. The van der Waals surface area contributed by atoms with Crippen molar-refractivity contribution in [2.45, 2.75) is 12.0 Å². The van der Waals surface area contributed by atoms with Crippen LogP contribution in [0.3, 0.4) is 0 Å². The van der Waals surface area contributed by atoms with Crippen LogP contribution >= 0.6 is 0 Å². The molecule has 1 aliphatic heterocycles. The first-order chi connectivity index (χ1) is 13.9. The van der Waals surface area contributed by atoms with Crippen LogP contribution in [0.2, 0.25) is 0 Å². The Bertz CT molecular complexity index is 1140. The van der Waals surface area contributed by atoms with Crippen molar-refractivity contribution in [3.63, 3.8) is 0 Å². The van der Waals surface area contributed by atoms with Gasteiger partial charge in [-0.3, -0.25) is 19.3 Å². The zero-order chi connectivity index (χ0) is 20.6. The van der Waals surface area contributed by atoms with Gasteiger partial charge in [0.05, 0.1) is 19.2 Å². The number of aliphatic hydroxyl groups is 1. The van der Waals surface area contributed by atoms with Crippen molar-refractivity contribution in [1.29, 1.82) is 0 Å². The summed E-state index contributed by atoms with van der Waals surface area (Å²) in [6, 6.07) is 19.5. The molecule has 1 N–H and O–H groups in total. The van der Waals surface area contributed by atoms with Gasteiger partial charge in [-0.2, -0.15) is 0 Å². The average Bonchev–Trinajstić information content (AvgIpc) is 2.95. The second kappa shape index (κ2) is 7.14. The molecule has 1 heterocycles. The van der Waals surface area contributed by atoms with Gasteiger partial charge < -0.3 is 9.84 Å². The summed E-state index contributed by atoms with van der Waals surface area (Å²) < 4.78 is 4.65. The van der Waals surface area contributed by atoms with Crippen molar-refractivity contribution in [2.75, 3.05) is 18.6 Å². The summed E-state index contributed by atoms with van der Waals surface area (Å²) in [6.45, 7) is -0.335. The van der Waals surface area contributed by atoms with Crippen LogP contribution in [0.4, 0.5) is 5.69 Å². The van der Waals surface area contributed by atoms with Gasteiger partial charge in [0.1, 0.15) is 6.54 Å². The molecule has 0 radical (unpaired) electrons. The lowest BCUT2D eigenvalue weighted by Gasteiger charge is -2.22. The second-order valence-electron chi connectivity index (χ2n) is 7.01. The molecule has 29 heavy (non-hydrogen) atoms. The number of carbonyl (C=O) groups excluding carboxylic acids is 3. The quantitative estimate of drug-likeness (QED) is 0.536. The number of esters is 1. The van der Waals surface area contributed by atoms with E-state index in [1.54, 1.807) is 36.4 Å². The van der Waals surface area contributed by atoms with Crippen molar-refractivity contribution < 1.29 is 24.2 Å². The van der Waals surface area contributed by atoms with E-state index in [1.165, 1.54) is 7.11 Å². The van der Waals surface area contributed by atoms with E-state index in [4.69, 9.17) is 0 Å². The van der Waals surface area contributed by atoms with Gasteiger partial charge in [-0.15, -0.1) is 0 Å². The first kappa shape index (κ1) is 18.8. The van der Waals surface area contributed by atoms with Gasteiger partial charge in [0.15, 0.2) is 11.4 Å². The summed E-state index contributed by atoms with van der Waals surface area (Å²) in [4.78, 5) is 38.9. The van der Waals surface area contributed by atoms with Crippen LogP contribution < -0.4 is 4.90 Å². The molecule has 0 aromatic heterocycles. The Labute approximate surface area is 167 Å². The number of para-hydroxylation sites is 1. The number of methoxy groups -OCH3 is 1. The van der Waals surface area contributed by atoms with E-state index in [1.807, 2.05) is 30.3 Å². The molecule has 0 fully saturated rings. The number of ketones is 1. The van der Waals surface area contributed by atoms with Crippen LogP contribution in [0, 0.1) is 0 Å². The third kappa shape index (κ3) is 3.17. The number of hydrogen-bond donors (Lipinski definition) is 1. The Morgan fingerprint density at radius 1 is 1.00 bits per heavy atom. The van der Waals surface area contributed by atoms with Gasteiger partial charge >= 0.3 is 5.97 Å². The number of ether oxygens (including phenoxy) is 1. The standard InChI is InChI=1S/C23H19NO5/c1-29-21(26)14-24-19-9-5-4-8-18(19)23(28,22(24)27)13-20(25)17-11-10-15-6-2-3-7-16(15)12-17/h2-12,28H,13-14H2,1H3. The Hall–Kier alpha value is -3.51. The number of amides is 1. The molecule has 1 unspecified atom stereocenters. The fraction of sp³-hybridized carbons (Fsp3) is 0.174. The third-order valence-corrected chi connectivity index (χ3v) is 5.24. The van der Waals surface area contributed by atoms with Crippen molar-refractivity contribution in [3.8, 4) is 0 Å². The molecule has 0 saturated heterocycles. The minimum Gasteiger partial charge on any atom is -0.468 e. The molecule has 3 aromatic rings. The van der Waals surface area contributed by atoms with Gasteiger partial charge in [-0.1, -0.05) is 54.6 Å². The molecule has 0 aliphatic carbocycles. The van der Waals surface area contributed by atoms with E-state index in [2.05, 4.69) is 4.74 Å². The van der Waals surface area contributed by atoms with Gasteiger partial charge in [-0.25, -0.2) is 0 Å². The molecule has 146 valence electrons. The summed E-state index contributed by atoms with van der Waals surface area (Å²) in [5, 5.41) is 13.1. The topological polar surface area (TPSA) is 83.9 Å². The van der Waals surface area contributed by atoms with Gasteiger partial charge in [0.25, 0.3) is 5.91 Å². The molecular formula is C23H19NO5. The van der Waals surface area contributed by atoms with Gasteiger partial charge in [-0.05, 0) is 22.9 Å². The number of fused-ring (bicyclic) bond motifs is 2. The molecule has 1 amide bonds. The highest BCUT2D eigenvalue weighted by Crippen LogP contribution is 2.42. The number of rotatable bonds is 5. The van der Waals surface area contributed by atoms with Crippen LogP contribution in [0.5, 0.6) is 0 Å². The molecule has 4 rings (SSSR count). The summed E-state index contributed by atoms with van der Waals surface area (Å²) in [5.41, 5.74) is -0.915. The predicted molar refractivity (Wildman–Crippen MR) is 108 cm³/mol. The maximum absolute atomic E-state index is 13.0. The lowest BCUT2D eigenvalue weighted by molar-refractivity contribution is -0.142. The minimum atomic E-state index is -2.03.